The van der Waals surface area contributed by atoms with Gasteiger partial charge in [-0.2, -0.15) is 5.10 Å². The van der Waals surface area contributed by atoms with Gasteiger partial charge in [0.1, 0.15) is 5.82 Å². The van der Waals surface area contributed by atoms with Gasteiger partial charge in [0.15, 0.2) is 9.84 Å². The monoisotopic (exact) mass is 288 g/mol. The normalized spacial score (nSPS) is 13.0. The summed E-state index contributed by atoms with van der Waals surface area (Å²) in [6.45, 7) is 7.69. The van der Waals surface area contributed by atoms with Crippen molar-refractivity contribution >= 4 is 21.3 Å². The van der Waals surface area contributed by atoms with E-state index in [0.29, 0.717) is 11.5 Å². The molecule has 0 atom stereocenters. The molecule has 7 heteroatoms. The highest BCUT2D eigenvalue weighted by Gasteiger charge is 2.30. The second-order valence-corrected chi connectivity index (χ2v) is 8.46. The summed E-state index contributed by atoms with van der Waals surface area (Å²) < 4.78 is 24.1. The topological polar surface area (TPSA) is 90.0 Å². The molecule has 1 heterocycles. The number of aromatic nitrogens is 2. The highest BCUT2D eigenvalue weighted by atomic mass is 32.2. The highest BCUT2D eigenvalue weighted by molar-refractivity contribution is 7.92. The van der Waals surface area contributed by atoms with E-state index in [0.717, 1.165) is 5.69 Å². The maximum Gasteiger partial charge on any atom is 0.154 e. The summed E-state index contributed by atoms with van der Waals surface area (Å²) in [5, 5.41) is 7.45. The van der Waals surface area contributed by atoms with Crippen molar-refractivity contribution in [1.82, 2.24) is 9.78 Å². The molecule has 0 saturated heterocycles. The fourth-order valence-corrected chi connectivity index (χ4v) is 1.96. The van der Waals surface area contributed by atoms with Gasteiger partial charge < -0.3 is 11.1 Å². The molecule has 0 aliphatic carbocycles. The van der Waals surface area contributed by atoms with Crippen molar-refractivity contribution in [3.05, 3.63) is 5.69 Å². The van der Waals surface area contributed by atoms with Gasteiger partial charge in [-0.05, 0) is 19.8 Å². The lowest BCUT2D eigenvalue weighted by molar-refractivity contribution is 0.559. The van der Waals surface area contributed by atoms with E-state index in [-0.39, 0.29) is 12.5 Å². The van der Waals surface area contributed by atoms with Gasteiger partial charge in [-0.15, -0.1) is 0 Å². The summed E-state index contributed by atoms with van der Waals surface area (Å²) in [5.74, 6) is 0.894. The fourth-order valence-electron chi connectivity index (χ4n) is 1.62. The first-order valence-electron chi connectivity index (χ1n) is 6.23. The van der Waals surface area contributed by atoms with Crippen LogP contribution in [0.15, 0.2) is 0 Å². The molecule has 19 heavy (non-hydrogen) atoms. The number of nitrogens with zero attached hydrogens (tertiary/aromatic N) is 2. The van der Waals surface area contributed by atoms with Crippen molar-refractivity contribution in [2.75, 3.05) is 23.9 Å². The maximum atomic E-state index is 11.7. The van der Waals surface area contributed by atoms with E-state index in [1.54, 1.807) is 25.6 Å². The van der Waals surface area contributed by atoms with Gasteiger partial charge in [0, 0.05) is 19.8 Å². The average Bonchev–Trinajstić information content (AvgIpc) is 2.50. The molecule has 0 unspecified atom stereocenters. The third kappa shape index (κ3) is 3.20. The molecule has 0 saturated carbocycles. The molecule has 0 radical (unpaired) electrons. The van der Waals surface area contributed by atoms with Crippen molar-refractivity contribution in [3.8, 4) is 0 Å². The molecule has 1 aromatic heterocycles. The Morgan fingerprint density at radius 2 is 1.95 bits per heavy atom. The summed E-state index contributed by atoms with van der Waals surface area (Å²) in [4.78, 5) is 0. The van der Waals surface area contributed by atoms with Gasteiger partial charge in [-0.25, -0.2) is 8.42 Å². The zero-order valence-corrected chi connectivity index (χ0v) is 13.3. The average molecular weight is 288 g/mol. The summed E-state index contributed by atoms with van der Waals surface area (Å²) in [6, 6.07) is 0. The molecule has 0 amide bonds. The number of hydrogen-bond acceptors (Lipinski definition) is 5. The lowest BCUT2D eigenvalue weighted by Gasteiger charge is -2.23. The summed E-state index contributed by atoms with van der Waals surface area (Å²) in [6.07, 6.45) is 1.24. The molecule has 0 aromatic carbocycles. The lowest BCUT2D eigenvalue weighted by atomic mass is 10.1. The zero-order valence-electron chi connectivity index (χ0n) is 12.5. The van der Waals surface area contributed by atoms with Gasteiger partial charge in [-0.1, -0.05) is 13.8 Å². The number of hydrogen-bond donors (Lipinski definition) is 2. The third-order valence-electron chi connectivity index (χ3n) is 3.34. The molecule has 0 aliphatic heterocycles. The van der Waals surface area contributed by atoms with Crippen LogP contribution in [-0.2, 0) is 16.9 Å². The minimum Gasteiger partial charge on any atom is -0.394 e. The van der Waals surface area contributed by atoms with Crippen LogP contribution in [0.4, 0.5) is 11.5 Å². The van der Waals surface area contributed by atoms with Crippen LogP contribution in [0, 0.1) is 0 Å². The number of aryl methyl sites for hydroxylation is 1. The molecule has 1 rings (SSSR count). The maximum absolute atomic E-state index is 11.7. The van der Waals surface area contributed by atoms with E-state index in [4.69, 9.17) is 5.73 Å². The van der Waals surface area contributed by atoms with Crippen molar-refractivity contribution in [2.45, 2.75) is 38.4 Å². The Labute approximate surface area is 115 Å². The number of nitrogens with two attached hydrogens (primary N) is 1. The molecular weight excluding hydrogens is 264 g/mol. The second kappa shape index (κ2) is 5.03. The molecular formula is C12H24N4O2S. The summed E-state index contributed by atoms with van der Waals surface area (Å²) in [5.41, 5.74) is 7.45. The van der Waals surface area contributed by atoms with Crippen LogP contribution >= 0.6 is 0 Å². The van der Waals surface area contributed by atoms with Gasteiger partial charge in [0.05, 0.1) is 16.1 Å². The molecule has 0 fully saturated rings. The predicted octanol–water partition coefficient (Wildman–Crippen LogP) is 1.36. The predicted molar refractivity (Wildman–Crippen MR) is 79.1 cm³/mol. The van der Waals surface area contributed by atoms with Crippen molar-refractivity contribution in [2.24, 2.45) is 7.05 Å². The van der Waals surface area contributed by atoms with E-state index in [1.165, 1.54) is 6.26 Å². The summed E-state index contributed by atoms with van der Waals surface area (Å²) >= 11 is 0. The van der Waals surface area contributed by atoms with Crippen LogP contribution in [-0.4, -0.2) is 35.7 Å². The van der Waals surface area contributed by atoms with E-state index in [2.05, 4.69) is 10.4 Å². The zero-order chi connectivity index (χ0) is 15.0. The van der Waals surface area contributed by atoms with Crippen LogP contribution in [0.25, 0.3) is 0 Å². The molecule has 0 spiro atoms. The highest BCUT2D eigenvalue weighted by Crippen LogP contribution is 2.28. The Kier molecular flexibility index (Phi) is 4.19. The van der Waals surface area contributed by atoms with Crippen molar-refractivity contribution < 1.29 is 8.42 Å². The van der Waals surface area contributed by atoms with Gasteiger partial charge >= 0.3 is 0 Å². The summed E-state index contributed by atoms with van der Waals surface area (Å²) in [7, 11) is -1.35. The van der Waals surface area contributed by atoms with Gasteiger partial charge in [0.25, 0.3) is 0 Å². The van der Waals surface area contributed by atoms with E-state index in [1.807, 2.05) is 13.8 Å². The fraction of sp³-hybridized carbons (Fsp3) is 0.750. The quantitative estimate of drug-likeness (QED) is 0.854. The number of rotatable bonds is 5. The standard InChI is InChI=1S/C12H24N4O2S/c1-8(2)10-9(13)11(16(5)15-10)14-7-12(3,4)19(6,17)18/h8,14H,7,13H2,1-6H3. The van der Waals surface area contributed by atoms with Crippen molar-refractivity contribution in [1.29, 1.82) is 0 Å². The first-order chi connectivity index (χ1) is 8.47. The largest absolute Gasteiger partial charge is 0.394 e. The van der Waals surface area contributed by atoms with Crippen LogP contribution in [0.5, 0.6) is 0 Å². The Morgan fingerprint density at radius 1 is 1.42 bits per heavy atom. The Balaban J connectivity index is 2.97. The number of sulfone groups is 1. The Bertz CT molecular complexity index is 559. The molecule has 3 N–H and O–H groups in total. The van der Waals surface area contributed by atoms with Crippen LogP contribution in [0.2, 0.25) is 0 Å². The third-order valence-corrected chi connectivity index (χ3v) is 5.50. The van der Waals surface area contributed by atoms with E-state index >= 15 is 0 Å². The molecule has 0 aliphatic rings. The first-order valence-corrected chi connectivity index (χ1v) is 8.12. The molecule has 1 aromatic rings. The SMILES string of the molecule is CC(C)c1nn(C)c(NCC(C)(C)S(C)(=O)=O)c1N. The van der Waals surface area contributed by atoms with Crippen LogP contribution in [0.1, 0.15) is 39.3 Å². The Hall–Kier alpha value is -1.24. The molecule has 6 nitrogen and oxygen atoms in total. The van der Waals surface area contributed by atoms with E-state index in [9.17, 15) is 8.42 Å². The number of nitrogens with one attached hydrogen (secondary N) is 1. The first kappa shape index (κ1) is 15.8. The molecule has 110 valence electrons. The smallest absolute Gasteiger partial charge is 0.154 e. The lowest BCUT2D eigenvalue weighted by Crippen LogP contribution is -2.38. The Morgan fingerprint density at radius 3 is 2.32 bits per heavy atom. The van der Waals surface area contributed by atoms with E-state index < -0.39 is 14.6 Å². The minimum absolute atomic E-state index is 0.227. The number of nitrogen functional groups attached to an aromatic ring is 1. The van der Waals surface area contributed by atoms with Crippen LogP contribution < -0.4 is 11.1 Å². The van der Waals surface area contributed by atoms with Gasteiger partial charge in [-0.3, -0.25) is 4.68 Å². The van der Waals surface area contributed by atoms with Crippen molar-refractivity contribution in [3.63, 3.8) is 0 Å². The second-order valence-electron chi connectivity index (χ2n) is 5.81. The molecule has 0 bridgehead atoms. The minimum atomic E-state index is -3.14. The number of anilines is 2. The van der Waals surface area contributed by atoms with Gasteiger partial charge in [0.2, 0.25) is 0 Å². The van der Waals surface area contributed by atoms with Crippen LogP contribution in [0.3, 0.4) is 0 Å².